The number of benzene rings is 1. The second-order valence-electron chi connectivity index (χ2n) is 8.03. The molecule has 0 spiro atoms. The summed E-state index contributed by atoms with van der Waals surface area (Å²) in [7, 11) is 0. The molecule has 1 N–H and O–H groups in total. The molecule has 5 nitrogen and oxygen atoms in total. The number of carbonyl (C=O) groups excluding carboxylic acids is 2. The molecule has 1 saturated heterocycles. The number of nitrogens with one attached hydrogen (secondary N) is 1. The smallest absolute Gasteiger partial charge is 0.289 e. The van der Waals surface area contributed by atoms with Gasteiger partial charge in [0.1, 0.15) is 0 Å². The van der Waals surface area contributed by atoms with Gasteiger partial charge in [0.2, 0.25) is 5.91 Å². The number of likely N-dealkylation sites (tertiary alicyclic amines) is 1. The van der Waals surface area contributed by atoms with Gasteiger partial charge in [-0.25, -0.2) is 0 Å². The van der Waals surface area contributed by atoms with Crippen LogP contribution in [0.1, 0.15) is 65.9 Å². The van der Waals surface area contributed by atoms with E-state index < -0.39 is 0 Å². The minimum atomic E-state index is -0.173. The molecule has 4 rings (SSSR count). The van der Waals surface area contributed by atoms with Crippen LogP contribution >= 0.6 is 0 Å². The number of amides is 2. The van der Waals surface area contributed by atoms with Crippen molar-refractivity contribution in [1.82, 2.24) is 10.2 Å². The fraction of sp³-hybridized carbons (Fsp3) is 0.478. The van der Waals surface area contributed by atoms with Crippen molar-refractivity contribution >= 4 is 11.8 Å². The molecule has 2 aliphatic rings. The van der Waals surface area contributed by atoms with E-state index in [2.05, 4.69) is 23.5 Å². The van der Waals surface area contributed by atoms with Crippen LogP contribution in [-0.2, 0) is 17.6 Å². The van der Waals surface area contributed by atoms with Gasteiger partial charge in [0.25, 0.3) is 5.91 Å². The Kier molecular flexibility index (Phi) is 5.51. The largest absolute Gasteiger partial charge is 0.459 e. The first-order chi connectivity index (χ1) is 13.6. The second kappa shape index (κ2) is 8.21. The van der Waals surface area contributed by atoms with Crippen LogP contribution in [0.5, 0.6) is 0 Å². The van der Waals surface area contributed by atoms with E-state index in [0.717, 1.165) is 31.2 Å². The van der Waals surface area contributed by atoms with Gasteiger partial charge in [0.05, 0.1) is 18.2 Å². The number of nitrogens with zero attached hydrogens (tertiary/aromatic N) is 1. The number of hydrogen-bond acceptors (Lipinski definition) is 3. The lowest BCUT2D eigenvalue weighted by Gasteiger charge is -2.32. The molecule has 1 aromatic carbocycles. The summed E-state index contributed by atoms with van der Waals surface area (Å²) in [6.07, 6.45) is 7.96. The predicted octanol–water partition coefficient (Wildman–Crippen LogP) is 3.89. The zero-order chi connectivity index (χ0) is 19.5. The number of piperidine rings is 1. The van der Waals surface area contributed by atoms with Gasteiger partial charge in [-0.3, -0.25) is 9.59 Å². The lowest BCUT2D eigenvalue weighted by molar-refractivity contribution is -0.127. The Labute approximate surface area is 166 Å². The van der Waals surface area contributed by atoms with Gasteiger partial charge in [-0.05, 0) is 74.3 Å². The zero-order valence-corrected chi connectivity index (χ0v) is 16.4. The minimum absolute atomic E-state index is 0.0298. The fourth-order valence-corrected chi connectivity index (χ4v) is 4.37. The van der Waals surface area contributed by atoms with E-state index in [0.29, 0.717) is 18.8 Å². The van der Waals surface area contributed by atoms with Crippen LogP contribution in [0.15, 0.2) is 41.0 Å². The average molecular weight is 380 g/mol. The molecule has 148 valence electrons. The highest BCUT2D eigenvalue weighted by atomic mass is 16.3. The lowest BCUT2D eigenvalue weighted by atomic mass is 9.89. The molecular formula is C23H28N2O3. The summed E-state index contributed by atoms with van der Waals surface area (Å²) < 4.78 is 5.22. The van der Waals surface area contributed by atoms with Gasteiger partial charge in [0, 0.05) is 13.1 Å². The first-order valence-electron chi connectivity index (χ1n) is 10.4. The van der Waals surface area contributed by atoms with Crippen LogP contribution in [0.3, 0.4) is 0 Å². The van der Waals surface area contributed by atoms with Gasteiger partial charge in [0.15, 0.2) is 5.76 Å². The average Bonchev–Trinajstić information content (AvgIpc) is 3.27. The molecule has 1 aromatic heterocycles. The van der Waals surface area contributed by atoms with Gasteiger partial charge >= 0.3 is 0 Å². The third-order valence-corrected chi connectivity index (χ3v) is 6.04. The van der Waals surface area contributed by atoms with Crippen molar-refractivity contribution in [3.8, 4) is 0 Å². The standard InChI is InChI=1S/C23H28N2O3/c1-16(18-11-10-17-6-2-3-7-19(17)14-18)24-22(26)20-8-4-12-25(15-20)23(27)21-9-5-13-28-21/h5,9-11,13-14,16,20H,2-4,6-8,12,15H2,1H3,(H,24,26)/t16-,20-/m1/s1. The monoisotopic (exact) mass is 380 g/mol. The van der Waals surface area contributed by atoms with E-state index in [1.165, 1.54) is 30.2 Å². The van der Waals surface area contributed by atoms with E-state index in [1.807, 2.05) is 6.92 Å². The summed E-state index contributed by atoms with van der Waals surface area (Å²) in [4.78, 5) is 27.1. The van der Waals surface area contributed by atoms with Crippen molar-refractivity contribution in [3.63, 3.8) is 0 Å². The normalized spacial score (nSPS) is 20.3. The summed E-state index contributed by atoms with van der Waals surface area (Å²) >= 11 is 0. The molecule has 0 unspecified atom stereocenters. The Hall–Kier alpha value is -2.56. The van der Waals surface area contributed by atoms with Gasteiger partial charge in [-0.15, -0.1) is 0 Å². The van der Waals surface area contributed by atoms with E-state index in [9.17, 15) is 9.59 Å². The van der Waals surface area contributed by atoms with Crippen LogP contribution in [-0.4, -0.2) is 29.8 Å². The van der Waals surface area contributed by atoms with Crippen molar-refractivity contribution in [2.45, 2.75) is 51.5 Å². The molecular weight excluding hydrogens is 352 g/mol. The molecule has 2 amide bonds. The zero-order valence-electron chi connectivity index (χ0n) is 16.4. The minimum Gasteiger partial charge on any atom is -0.459 e. The number of carbonyl (C=O) groups is 2. The Bertz CT molecular complexity index is 844. The van der Waals surface area contributed by atoms with Crippen molar-refractivity contribution in [1.29, 1.82) is 0 Å². The third kappa shape index (κ3) is 3.98. The SMILES string of the molecule is C[C@@H](NC(=O)[C@@H]1CCCN(C(=O)c2ccco2)C1)c1ccc2c(c1)CCCC2. The molecule has 1 fully saturated rings. The fourth-order valence-electron chi connectivity index (χ4n) is 4.37. The van der Waals surface area contributed by atoms with Crippen molar-refractivity contribution < 1.29 is 14.0 Å². The van der Waals surface area contributed by atoms with Crippen molar-refractivity contribution in [2.24, 2.45) is 5.92 Å². The molecule has 0 bridgehead atoms. The summed E-state index contributed by atoms with van der Waals surface area (Å²) in [5.74, 6) is 0.0589. The number of rotatable bonds is 4. The molecule has 2 aromatic rings. The highest BCUT2D eigenvalue weighted by Crippen LogP contribution is 2.26. The molecule has 28 heavy (non-hydrogen) atoms. The first-order valence-corrected chi connectivity index (χ1v) is 10.4. The highest BCUT2D eigenvalue weighted by molar-refractivity contribution is 5.92. The van der Waals surface area contributed by atoms with Crippen molar-refractivity contribution in [3.05, 3.63) is 59.0 Å². The first kappa shape index (κ1) is 18.8. The Balaban J connectivity index is 1.38. The van der Waals surface area contributed by atoms with E-state index in [1.54, 1.807) is 17.0 Å². The maximum Gasteiger partial charge on any atom is 0.289 e. The quantitative estimate of drug-likeness (QED) is 0.875. The number of fused-ring (bicyclic) bond motifs is 1. The molecule has 1 aliphatic carbocycles. The maximum atomic E-state index is 12.9. The number of hydrogen-bond donors (Lipinski definition) is 1. The summed E-state index contributed by atoms with van der Waals surface area (Å²) in [5.41, 5.74) is 4.04. The molecule has 0 radical (unpaired) electrons. The van der Waals surface area contributed by atoms with Crippen LogP contribution < -0.4 is 5.32 Å². The topological polar surface area (TPSA) is 62.6 Å². The van der Waals surface area contributed by atoms with Crippen molar-refractivity contribution in [2.75, 3.05) is 13.1 Å². The van der Waals surface area contributed by atoms with Gasteiger partial charge in [-0.2, -0.15) is 0 Å². The molecule has 2 heterocycles. The van der Waals surface area contributed by atoms with Crippen LogP contribution in [0.25, 0.3) is 0 Å². The number of aryl methyl sites for hydroxylation is 2. The molecule has 1 aliphatic heterocycles. The Morgan fingerprint density at radius 2 is 1.96 bits per heavy atom. The molecule has 5 heteroatoms. The summed E-state index contributed by atoms with van der Waals surface area (Å²) in [5, 5.41) is 3.17. The van der Waals surface area contributed by atoms with Crippen LogP contribution in [0, 0.1) is 5.92 Å². The van der Waals surface area contributed by atoms with Crippen LogP contribution in [0.2, 0.25) is 0 Å². The second-order valence-corrected chi connectivity index (χ2v) is 8.03. The van der Waals surface area contributed by atoms with E-state index in [4.69, 9.17) is 4.42 Å². The maximum absolute atomic E-state index is 12.9. The molecule has 0 saturated carbocycles. The summed E-state index contributed by atoms with van der Waals surface area (Å²) in [6.45, 7) is 3.16. The highest BCUT2D eigenvalue weighted by Gasteiger charge is 2.30. The van der Waals surface area contributed by atoms with Gasteiger partial charge in [-0.1, -0.05) is 18.2 Å². The van der Waals surface area contributed by atoms with Gasteiger partial charge < -0.3 is 14.6 Å². The lowest BCUT2D eigenvalue weighted by Crippen LogP contribution is -2.45. The summed E-state index contributed by atoms with van der Waals surface area (Å²) in [6, 6.07) is 9.97. The van der Waals surface area contributed by atoms with E-state index >= 15 is 0 Å². The predicted molar refractivity (Wildman–Crippen MR) is 107 cm³/mol. The number of furan rings is 1. The van der Waals surface area contributed by atoms with E-state index in [-0.39, 0.29) is 23.8 Å². The Morgan fingerprint density at radius 3 is 2.75 bits per heavy atom. The third-order valence-electron chi connectivity index (χ3n) is 6.04. The van der Waals surface area contributed by atoms with Crippen LogP contribution in [0.4, 0.5) is 0 Å². The molecule has 2 atom stereocenters. The Morgan fingerprint density at radius 1 is 1.14 bits per heavy atom.